The molecule has 1 N–H and O–H groups in total. The lowest BCUT2D eigenvalue weighted by Crippen LogP contribution is -2.30. The van der Waals surface area contributed by atoms with E-state index in [2.05, 4.69) is 5.32 Å². The maximum atomic E-state index is 12.7. The van der Waals surface area contributed by atoms with Gasteiger partial charge in [0.05, 0.1) is 17.7 Å². The van der Waals surface area contributed by atoms with Gasteiger partial charge in [0.2, 0.25) is 11.8 Å². The maximum absolute atomic E-state index is 12.7. The lowest BCUT2D eigenvalue weighted by molar-refractivity contribution is -0.128. The highest BCUT2D eigenvalue weighted by atomic mass is 35.5. The summed E-state index contributed by atoms with van der Waals surface area (Å²) in [6.45, 7) is 1.72. The first-order valence-electron chi connectivity index (χ1n) is 9.24. The maximum Gasteiger partial charge on any atom is 0.229 e. The van der Waals surface area contributed by atoms with Gasteiger partial charge < -0.3 is 19.7 Å². The summed E-state index contributed by atoms with van der Waals surface area (Å²) in [5.74, 6) is 0.161. The largest absolute Gasteiger partial charge is 0.489 e. The smallest absolute Gasteiger partial charge is 0.229 e. The van der Waals surface area contributed by atoms with E-state index in [1.807, 2.05) is 4.90 Å². The molecule has 4 rings (SSSR count). The molecule has 2 heterocycles. The van der Waals surface area contributed by atoms with Crippen molar-refractivity contribution >= 4 is 29.1 Å². The Morgan fingerprint density at radius 1 is 1.35 bits per heavy atom. The van der Waals surface area contributed by atoms with E-state index in [0.29, 0.717) is 35.7 Å². The third kappa shape index (κ3) is 3.96. The Bertz CT molecular complexity index is 701. The van der Waals surface area contributed by atoms with Crippen molar-refractivity contribution in [2.75, 3.05) is 25.1 Å². The average Bonchev–Trinajstić information content (AvgIpc) is 3.17. The van der Waals surface area contributed by atoms with Crippen LogP contribution in [0, 0.1) is 5.92 Å². The Morgan fingerprint density at radius 3 is 2.92 bits per heavy atom. The highest BCUT2D eigenvalue weighted by Crippen LogP contribution is 2.34. The number of likely N-dealkylation sites (tertiary alicyclic amines) is 1. The molecular formula is C19H23ClN2O4. The summed E-state index contributed by atoms with van der Waals surface area (Å²) >= 11 is 6.09. The minimum atomic E-state index is -0.326. The van der Waals surface area contributed by atoms with Gasteiger partial charge >= 0.3 is 0 Å². The van der Waals surface area contributed by atoms with E-state index in [-0.39, 0.29) is 30.3 Å². The number of halogens is 1. The Balaban J connectivity index is 1.40. The first-order valence-corrected chi connectivity index (χ1v) is 9.62. The molecule has 2 atom stereocenters. The number of nitrogens with zero attached hydrogens (tertiary/aromatic N) is 1. The van der Waals surface area contributed by atoms with Gasteiger partial charge in [-0.25, -0.2) is 0 Å². The molecule has 2 aliphatic heterocycles. The second-order valence-electron chi connectivity index (χ2n) is 7.25. The molecule has 140 valence electrons. The number of ether oxygens (including phenoxy) is 2. The topological polar surface area (TPSA) is 67.9 Å². The molecule has 3 fully saturated rings. The molecule has 0 aromatic heterocycles. The molecule has 7 heteroatoms. The fourth-order valence-electron chi connectivity index (χ4n) is 3.57. The second-order valence-corrected chi connectivity index (χ2v) is 7.69. The monoisotopic (exact) mass is 378 g/mol. The van der Waals surface area contributed by atoms with Gasteiger partial charge in [0.25, 0.3) is 0 Å². The standard InChI is InChI=1S/C19H23ClN2O4/c20-13-3-6-17(26-11-15-2-1-7-25-15)16(9-13)21-19(24)12-8-18(23)22(10-12)14-4-5-14/h3,6,9,12,14-15H,1-2,4-5,7-8,10-11H2,(H,21,24)/t12-,15+/m1/s1. The van der Waals surface area contributed by atoms with E-state index in [9.17, 15) is 9.59 Å². The van der Waals surface area contributed by atoms with Gasteiger partial charge in [-0.3, -0.25) is 9.59 Å². The molecule has 2 saturated heterocycles. The lowest BCUT2D eigenvalue weighted by Gasteiger charge is -2.17. The van der Waals surface area contributed by atoms with Gasteiger partial charge in [0.15, 0.2) is 0 Å². The number of hydrogen-bond donors (Lipinski definition) is 1. The summed E-state index contributed by atoms with van der Waals surface area (Å²) in [5.41, 5.74) is 0.540. The van der Waals surface area contributed by atoms with Crippen molar-refractivity contribution in [2.24, 2.45) is 5.92 Å². The predicted octanol–water partition coefficient (Wildman–Crippen LogP) is 2.85. The molecule has 0 spiro atoms. The Hall–Kier alpha value is -1.79. The summed E-state index contributed by atoms with van der Waals surface area (Å²) in [5, 5.41) is 3.42. The zero-order chi connectivity index (χ0) is 18.1. The fourth-order valence-corrected chi connectivity index (χ4v) is 3.74. The molecule has 3 aliphatic rings. The van der Waals surface area contributed by atoms with Crippen molar-refractivity contribution in [1.29, 1.82) is 0 Å². The summed E-state index contributed by atoms with van der Waals surface area (Å²) in [4.78, 5) is 26.6. The highest BCUT2D eigenvalue weighted by Gasteiger charge is 2.41. The van der Waals surface area contributed by atoms with Crippen molar-refractivity contribution in [3.8, 4) is 5.75 Å². The number of nitrogens with one attached hydrogen (secondary N) is 1. The van der Waals surface area contributed by atoms with E-state index in [1.54, 1.807) is 18.2 Å². The molecule has 1 aliphatic carbocycles. The number of anilines is 1. The Labute approximate surface area is 157 Å². The predicted molar refractivity (Wildman–Crippen MR) is 97.4 cm³/mol. The van der Waals surface area contributed by atoms with Gasteiger partial charge in [-0.2, -0.15) is 0 Å². The lowest BCUT2D eigenvalue weighted by atomic mass is 10.1. The van der Waals surface area contributed by atoms with Crippen LogP contribution in [0.5, 0.6) is 5.75 Å². The molecule has 1 aromatic carbocycles. The number of amides is 2. The normalized spacial score (nSPS) is 25.6. The fraction of sp³-hybridized carbons (Fsp3) is 0.579. The molecule has 6 nitrogen and oxygen atoms in total. The van der Waals surface area contributed by atoms with Gasteiger partial charge in [-0.15, -0.1) is 0 Å². The Kier molecular flexibility index (Phi) is 5.05. The first-order chi connectivity index (χ1) is 12.6. The van der Waals surface area contributed by atoms with Crippen LogP contribution in [0.1, 0.15) is 32.1 Å². The third-order valence-electron chi connectivity index (χ3n) is 5.17. The number of rotatable bonds is 6. The van der Waals surface area contributed by atoms with Crippen molar-refractivity contribution in [3.63, 3.8) is 0 Å². The third-order valence-corrected chi connectivity index (χ3v) is 5.40. The number of carbonyl (C=O) groups is 2. The van der Waals surface area contributed by atoms with Gasteiger partial charge in [0.1, 0.15) is 12.4 Å². The molecule has 0 radical (unpaired) electrons. The minimum absolute atomic E-state index is 0.0774. The van der Waals surface area contributed by atoms with Crippen LogP contribution in [0.25, 0.3) is 0 Å². The van der Waals surface area contributed by atoms with Gasteiger partial charge in [-0.05, 0) is 43.9 Å². The van der Waals surface area contributed by atoms with Crippen molar-refractivity contribution in [2.45, 2.75) is 44.2 Å². The van der Waals surface area contributed by atoms with Crippen LogP contribution in [0.2, 0.25) is 5.02 Å². The quantitative estimate of drug-likeness (QED) is 0.826. The molecule has 0 bridgehead atoms. The van der Waals surface area contributed by atoms with Crippen molar-refractivity contribution in [1.82, 2.24) is 4.90 Å². The van der Waals surface area contributed by atoms with Crippen molar-refractivity contribution in [3.05, 3.63) is 23.2 Å². The molecular weight excluding hydrogens is 356 g/mol. The number of benzene rings is 1. The van der Waals surface area contributed by atoms with E-state index in [0.717, 1.165) is 32.3 Å². The summed E-state index contributed by atoms with van der Waals surface area (Å²) in [6, 6.07) is 5.51. The van der Waals surface area contributed by atoms with Gasteiger partial charge in [-0.1, -0.05) is 11.6 Å². The van der Waals surface area contributed by atoms with Crippen LogP contribution in [-0.4, -0.2) is 48.6 Å². The van der Waals surface area contributed by atoms with Crippen LogP contribution < -0.4 is 10.1 Å². The number of hydrogen-bond acceptors (Lipinski definition) is 4. The summed E-state index contributed by atoms with van der Waals surface area (Å²) in [7, 11) is 0. The van der Waals surface area contributed by atoms with Gasteiger partial charge in [0, 0.05) is 30.6 Å². The summed E-state index contributed by atoms with van der Waals surface area (Å²) < 4.78 is 11.4. The van der Waals surface area contributed by atoms with Crippen LogP contribution in [0.3, 0.4) is 0 Å². The zero-order valence-electron chi connectivity index (χ0n) is 14.6. The molecule has 1 aromatic rings. The first kappa shape index (κ1) is 17.6. The SMILES string of the molecule is O=C(Nc1cc(Cl)ccc1OC[C@@H]1CCCO1)[C@@H]1CC(=O)N(C2CC2)C1. The van der Waals surface area contributed by atoms with E-state index >= 15 is 0 Å². The molecule has 0 unspecified atom stereocenters. The molecule has 26 heavy (non-hydrogen) atoms. The summed E-state index contributed by atoms with van der Waals surface area (Å²) in [6.07, 6.45) is 4.50. The molecule has 1 saturated carbocycles. The van der Waals surface area contributed by atoms with Crippen LogP contribution in [-0.2, 0) is 14.3 Å². The van der Waals surface area contributed by atoms with Crippen molar-refractivity contribution < 1.29 is 19.1 Å². The van der Waals surface area contributed by atoms with E-state index < -0.39 is 0 Å². The zero-order valence-corrected chi connectivity index (χ0v) is 15.3. The second kappa shape index (κ2) is 7.45. The highest BCUT2D eigenvalue weighted by molar-refractivity contribution is 6.31. The van der Waals surface area contributed by atoms with Crippen LogP contribution >= 0.6 is 11.6 Å². The van der Waals surface area contributed by atoms with Crippen LogP contribution in [0.15, 0.2) is 18.2 Å². The van der Waals surface area contributed by atoms with E-state index in [1.165, 1.54) is 0 Å². The average molecular weight is 379 g/mol. The number of carbonyl (C=O) groups excluding carboxylic acids is 2. The minimum Gasteiger partial charge on any atom is -0.489 e. The van der Waals surface area contributed by atoms with E-state index in [4.69, 9.17) is 21.1 Å². The van der Waals surface area contributed by atoms with Crippen LogP contribution in [0.4, 0.5) is 5.69 Å². The Morgan fingerprint density at radius 2 is 2.19 bits per heavy atom. The molecule has 2 amide bonds.